The van der Waals surface area contributed by atoms with Crippen molar-refractivity contribution >= 4 is 62.3 Å². The molecule has 0 saturated carbocycles. The third-order valence-electron chi connectivity index (χ3n) is 5.81. The van der Waals surface area contributed by atoms with Gasteiger partial charge in [-0.3, -0.25) is 13.9 Å². The largest absolute Gasteiger partial charge is 0.497 e. The number of rotatable bonds is 12. The van der Waals surface area contributed by atoms with Crippen LogP contribution >= 0.6 is 34.8 Å². The van der Waals surface area contributed by atoms with Gasteiger partial charge in [-0.2, -0.15) is 0 Å². The van der Waals surface area contributed by atoms with Crippen molar-refractivity contribution < 1.29 is 22.7 Å². The smallest absolute Gasteiger partial charge is 0.244 e. The highest BCUT2D eigenvalue weighted by Gasteiger charge is 2.33. The summed E-state index contributed by atoms with van der Waals surface area (Å²) in [6.07, 6.45) is 1.98. The normalized spacial score (nSPS) is 13.0. The van der Waals surface area contributed by atoms with Gasteiger partial charge in [0.2, 0.25) is 21.8 Å². The number of benzene rings is 2. The van der Waals surface area contributed by atoms with Crippen molar-refractivity contribution in [3.63, 3.8) is 0 Å². The average molecular weight is 593 g/mol. The second-order valence-electron chi connectivity index (χ2n) is 8.60. The second-order valence-corrected chi connectivity index (χ2v) is 11.7. The predicted octanol–water partition coefficient (Wildman–Crippen LogP) is 5.14. The number of amides is 2. The Bertz CT molecular complexity index is 1230. The molecule has 0 unspecified atom stereocenters. The molecule has 204 valence electrons. The number of halogens is 3. The molecule has 2 amide bonds. The topological polar surface area (TPSA) is 96.0 Å². The number of carbonyl (C=O) groups excluding carboxylic acids is 2. The molecule has 0 spiro atoms. The van der Waals surface area contributed by atoms with Gasteiger partial charge in [-0.25, -0.2) is 8.42 Å². The minimum absolute atomic E-state index is 0.00496. The van der Waals surface area contributed by atoms with Crippen LogP contribution < -0.4 is 14.4 Å². The van der Waals surface area contributed by atoms with Gasteiger partial charge in [0.25, 0.3) is 0 Å². The zero-order valence-electron chi connectivity index (χ0n) is 21.4. The molecule has 37 heavy (non-hydrogen) atoms. The van der Waals surface area contributed by atoms with Crippen molar-refractivity contribution in [1.29, 1.82) is 0 Å². The van der Waals surface area contributed by atoms with Crippen molar-refractivity contribution in [1.82, 2.24) is 10.2 Å². The molecule has 0 aliphatic heterocycles. The van der Waals surface area contributed by atoms with Crippen molar-refractivity contribution in [2.24, 2.45) is 0 Å². The fraction of sp³-hybridized carbons (Fsp3) is 0.440. The van der Waals surface area contributed by atoms with Gasteiger partial charge in [0.05, 0.1) is 34.1 Å². The van der Waals surface area contributed by atoms with Gasteiger partial charge in [-0.15, -0.1) is 0 Å². The number of hydrogen-bond donors (Lipinski definition) is 1. The van der Waals surface area contributed by atoms with E-state index in [0.29, 0.717) is 24.2 Å². The van der Waals surface area contributed by atoms with Gasteiger partial charge in [-0.1, -0.05) is 60.8 Å². The Morgan fingerprint density at radius 1 is 1.03 bits per heavy atom. The molecule has 8 nitrogen and oxygen atoms in total. The molecule has 0 bridgehead atoms. The zero-order chi connectivity index (χ0) is 27.9. The third-order valence-corrected chi connectivity index (χ3v) is 7.96. The van der Waals surface area contributed by atoms with Crippen LogP contribution in [-0.4, -0.2) is 57.1 Å². The quantitative estimate of drug-likeness (QED) is 0.344. The number of hydrogen-bond acceptors (Lipinski definition) is 5. The SMILES string of the molecule is CC[C@H](C)NC(=O)[C@H](CC)N(Cc1cccc(OC)c1)C(=O)CN(c1cc(Cl)c(Cl)cc1Cl)S(C)(=O)=O. The predicted molar refractivity (Wildman–Crippen MR) is 149 cm³/mol. The third kappa shape index (κ3) is 8.40. The van der Waals surface area contributed by atoms with E-state index in [1.807, 2.05) is 13.8 Å². The molecule has 1 N–H and O–H groups in total. The molecular formula is C25H32Cl3N3O5S. The van der Waals surface area contributed by atoms with Crippen LogP contribution in [-0.2, 0) is 26.2 Å². The summed E-state index contributed by atoms with van der Waals surface area (Å²) in [6.45, 7) is 5.05. The fourth-order valence-electron chi connectivity index (χ4n) is 3.63. The lowest BCUT2D eigenvalue weighted by atomic mass is 10.1. The number of carbonyl (C=O) groups is 2. The Hall–Kier alpha value is -2.20. The highest BCUT2D eigenvalue weighted by atomic mass is 35.5. The first-order valence-electron chi connectivity index (χ1n) is 11.7. The lowest BCUT2D eigenvalue weighted by Crippen LogP contribution is -2.53. The number of nitrogens with one attached hydrogen (secondary N) is 1. The molecule has 0 heterocycles. The van der Waals surface area contributed by atoms with Gasteiger partial charge in [0.15, 0.2) is 0 Å². The van der Waals surface area contributed by atoms with Crippen LogP contribution in [0.4, 0.5) is 5.69 Å². The summed E-state index contributed by atoms with van der Waals surface area (Å²) < 4.78 is 31.7. The highest BCUT2D eigenvalue weighted by Crippen LogP contribution is 2.35. The lowest BCUT2D eigenvalue weighted by molar-refractivity contribution is -0.140. The van der Waals surface area contributed by atoms with Crippen LogP contribution in [0.5, 0.6) is 5.75 Å². The van der Waals surface area contributed by atoms with Crippen LogP contribution in [0.25, 0.3) is 0 Å². The number of nitrogens with zero attached hydrogens (tertiary/aromatic N) is 2. The van der Waals surface area contributed by atoms with E-state index in [2.05, 4.69) is 5.32 Å². The Morgan fingerprint density at radius 3 is 2.24 bits per heavy atom. The summed E-state index contributed by atoms with van der Waals surface area (Å²) in [6, 6.07) is 8.74. The van der Waals surface area contributed by atoms with Crippen LogP contribution in [0.3, 0.4) is 0 Å². The van der Waals surface area contributed by atoms with Gasteiger partial charge >= 0.3 is 0 Å². The van der Waals surface area contributed by atoms with Crippen LogP contribution in [0, 0.1) is 0 Å². The average Bonchev–Trinajstić information content (AvgIpc) is 2.84. The van der Waals surface area contributed by atoms with Gasteiger partial charge < -0.3 is 15.0 Å². The molecule has 0 aliphatic rings. The molecular weight excluding hydrogens is 561 g/mol. The molecule has 2 aromatic carbocycles. The van der Waals surface area contributed by atoms with Crippen molar-refractivity contribution in [3.8, 4) is 5.75 Å². The van der Waals surface area contributed by atoms with E-state index in [1.165, 1.54) is 24.1 Å². The Labute approximate surface area is 233 Å². The molecule has 0 fully saturated rings. The maximum Gasteiger partial charge on any atom is 0.244 e. The summed E-state index contributed by atoms with van der Waals surface area (Å²) in [5, 5.41) is 3.15. The molecule has 0 aromatic heterocycles. The number of sulfonamides is 1. The monoisotopic (exact) mass is 591 g/mol. The Balaban J connectivity index is 2.52. The zero-order valence-corrected chi connectivity index (χ0v) is 24.5. The maximum atomic E-state index is 13.8. The second kappa shape index (κ2) is 13.6. The minimum atomic E-state index is -3.98. The Kier molecular flexibility index (Phi) is 11.4. The van der Waals surface area contributed by atoms with Crippen molar-refractivity contribution in [2.75, 3.05) is 24.2 Å². The molecule has 12 heteroatoms. The van der Waals surface area contributed by atoms with Crippen molar-refractivity contribution in [3.05, 3.63) is 57.0 Å². The lowest BCUT2D eigenvalue weighted by Gasteiger charge is -2.33. The summed E-state index contributed by atoms with van der Waals surface area (Å²) in [5.41, 5.74) is 0.714. The molecule has 0 aliphatic carbocycles. The minimum Gasteiger partial charge on any atom is -0.497 e. The highest BCUT2D eigenvalue weighted by molar-refractivity contribution is 7.92. The standard InChI is InChI=1S/C25H32Cl3N3O5S/c1-6-16(3)29-25(33)22(7-2)30(14-17-9-8-10-18(11-17)36-4)24(32)15-31(37(5,34)35)23-13-20(27)19(26)12-21(23)28/h8-13,16,22H,6-7,14-15H2,1-5H3,(H,29,33)/t16-,22-/m0/s1. The molecule has 2 rings (SSSR count). The molecule has 2 atom stereocenters. The molecule has 2 aromatic rings. The first-order chi connectivity index (χ1) is 17.3. The summed E-state index contributed by atoms with van der Waals surface area (Å²) in [5.74, 6) is -0.338. The molecule has 0 radical (unpaired) electrons. The van der Waals surface area contributed by atoms with Crippen LogP contribution in [0.2, 0.25) is 15.1 Å². The van der Waals surface area contributed by atoms with Gasteiger partial charge in [0, 0.05) is 12.6 Å². The van der Waals surface area contributed by atoms with E-state index >= 15 is 0 Å². The summed E-state index contributed by atoms with van der Waals surface area (Å²) in [4.78, 5) is 28.3. The van der Waals surface area contributed by atoms with E-state index in [4.69, 9.17) is 39.5 Å². The maximum absolute atomic E-state index is 13.8. The van der Waals surface area contributed by atoms with Gasteiger partial charge in [-0.05, 0) is 49.6 Å². The first-order valence-corrected chi connectivity index (χ1v) is 14.7. The number of anilines is 1. The number of ether oxygens (including phenoxy) is 1. The summed E-state index contributed by atoms with van der Waals surface area (Å²) in [7, 11) is -2.45. The number of methoxy groups -OCH3 is 1. The van der Waals surface area contributed by atoms with Crippen LogP contribution in [0.15, 0.2) is 36.4 Å². The fourth-order valence-corrected chi connectivity index (χ4v) is 5.17. The first kappa shape index (κ1) is 31.0. The van der Waals surface area contributed by atoms with E-state index in [0.717, 1.165) is 10.6 Å². The van der Waals surface area contributed by atoms with E-state index in [1.54, 1.807) is 31.2 Å². The van der Waals surface area contributed by atoms with E-state index < -0.39 is 28.5 Å². The van der Waals surface area contributed by atoms with E-state index in [9.17, 15) is 18.0 Å². The van der Waals surface area contributed by atoms with Gasteiger partial charge in [0.1, 0.15) is 18.3 Å². The molecule has 0 saturated heterocycles. The summed E-state index contributed by atoms with van der Waals surface area (Å²) >= 11 is 18.4. The van der Waals surface area contributed by atoms with E-state index in [-0.39, 0.29) is 39.2 Å². The van der Waals surface area contributed by atoms with Crippen molar-refractivity contribution in [2.45, 2.75) is 52.2 Å². The Morgan fingerprint density at radius 2 is 1.68 bits per heavy atom. The van der Waals surface area contributed by atoms with Crippen LogP contribution in [0.1, 0.15) is 39.2 Å².